The summed E-state index contributed by atoms with van der Waals surface area (Å²) in [5.74, 6) is 0.696. The number of hydrogen-bond acceptors (Lipinski definition) is 8. The van der Waals surface area contributed by atoms with E-state index in [1.54, 1.807) is 6.07 Å². The zero-order valence-corrected chi connectivity index (χ0v) is 22.5. The molecule has 3 aromatic rings. The molecule has 204 valence electrons. The number of halogens is 1. The van der Waals surface area contributed by atoms with Gasteiger partial charge < -0.3 is 19.4 Å². The van der Waals surface area contributed by atoms with Gasteiger partial charge in [-0.3, -0.25) is 4.90 Å². The van der Waals surface area contributed by atoms with Crippen molar-refractivity contribution < 1.29 is 9.13 Å². The Morgan fingerprint density at radius 1 is 1.03 bits per heavy atom. The monoisotopic (exact) mass is 530 g/mol. The number of anilines is 3. The SMILES string of the molecule is C[C@@H]1CN(c2ccc(C#N)n3ncc(F)c23)C[C@H](CN2CCN(c3ccc(N4CC5(CCC5)C4)nc3)CC2)O1. The molecule has 3 saturated heterocycles. The summed E-state index contributed by atoms with van der Waals surface area (Å²) in [6, 6.07) is 10.0. The number of morpholine rings is 1. The van der Waals surface area contributed by atoms with Crippen LogP contribution in [0.2, 0.25) is 0 Å². The van der Waals surface area contributed by atoms with E-state index in [1.165, 1.54) is 48.8 Å². The molecular weight excluding hydrogens is 495 g/mol. The van der Waals surface area contributed by atoms with E-state index in [4.69, 9.17) is 9.72 Å². The number of rotatable bonds is 5. The molecule has 0 aromatic carbocycles. The highest BCUT2D eigenvalue weighted by Gasteiger charge is 2.47. The smallest absolute Gasteiger partial charge is 0.171 e. The van der Waals surface area contributed by atoms with Gasteiger partial charge in [-0.05, 0) is 44.0 Å². The first-order chi connectivity index (χ1) is 19.0. The predicted octanol–water partition coefficient (Wildman–Crippen LogP) is 3.15. The molecule has 1 saturated carbocycles. The third-order valence-corrected chi connectivity index (χ3v) is 9.10. The van der Waals surface area contributed by atoms with E-state index >= 15 is 0 Å². The molecule has 3 aliphatic heterocycles. The molecular formula is C29H35FN8O. The van der Waals surface area contributed by atoms with Crippen LogP contribution >= 0.6 is 0 Å². The molecule has 0 radical (unpaired) electrons. The van der Waals surface area contributed by atoms with Crippen LogP contribution in [0.1, 0.15) is 31.9 Å². The van der Waals surface area contributed by atoms with Crippen molar-refractivity contribution in [2.45, 2.75) is 38.4 Å². The molecule has 39 heavy (non-hydrogen) atoms. The average Bonchev–Trinajstić information content (AvgIpc) is 3.29. The van der Waals surface area contributed by atoms with E-state index in [1.807, 2.05) is 12.3 Å². The number of fused-ring (bicyclic) bond motifs is 1. The van der Waals surface area contributed by atoms with Crippen LogP contribution in [-0.4, -0.2) is 90.6 Å². The maximum atomic E-state index is 14.7. The van der Waals surface area contributed by atoms with Gasteiger partial charge in [0.05, 0.1) is 36.0 Å². The summed E-state index contributed by atoms with van der Waals surface area (Å²) in [4.78, 5) is 14.3. The molecule has 1 spiro atoms. The van der Waals surface area contributed by atoms with Crippen LogP contribution in [0, 0.1) is 22.6 Å². The summed E-state index contributed by atoms with van der Waals surface area (Å²) in [6.07, 6.45) is 7.41. The molecule has 9 nitrogen and oxygen atoms in total. The van der Waals surface area contributed by atoms with Crippen LogP contribution in [-0.2, 0) is 4.74 Å². The lowest BCUT2D eigenvalue weighted by Crippen LogP contribution is -2.60. The second-order valence-electron chi connectivity index (χ2n) is 11.8. The highest BCUT2D eigenvalue weighted by molar-refractivity contribution is 5.74. The van der Waals surface area contributed by atoms with Crippen molar-refractivity contribution in [1.82, 2.24) is 19.5 Å². The molecule has 0 N–H and O–H groups in total. The maximum Gasteiger partial charge on any atom is 0.171 e. The fourth-order valence-corrected chi connectivity index (χ4v) is 6.88. The minimum Gasteiger partial charge on any atom is -0.370 e. The van der Waals surface area contributed by atoms with Crippen LogP contribution in [0.15, 0.2) is 36.7 Å². The average molecular weight is 531 g/mol. The number of pyridine rings is 2. The van der Waals surface area contributed by atoms with E-state index in [0.717, 1.165) is 44.2 Å². The van der Waals surface area contributed by atoms with Crippen LogP contribution in [0.5, 0.6) is 0 Å². The third-order valence-electron chi connectivity index (χ3n) is 9.10. The largest absolute Gasteiger partial charge is 0.370 e. The van der Waals surface area contributed by atoms with Crippen molar-refractivity contribution in [3.63, 3.8) is 0 Å². The molecule has 2 atom stereocenters. The fourth-order valence-electron chi connectivity index (χ4n) is 6.88. The summed E-state index contributed by atoms with van der Waals surface area (Å²) in [5.41, 5.74) is 3.23. The normalized spacial score (nSPS) is 25.0. The highest BCUT2D eigenvalue weighted by atomic mass is 19.1. The quantitative estimate of drug-likeness (QED) is 0.498. The van der Waals surface area contributed by atoms with Crippen LogP contribution in [0.4, 0.5) is 21.6 Å². The van der Waals surface area contributed by atoms with Gasteiger partial charge in [0.15, 0.2) is 5.82 Å². The second-order valence-corrected chi connectivity index (χ2v) is 11.8. The number of hydrogen-bond donors (Lipinski definition) is 0. The Bertz CT molecular complexity index is 1380. The molecule has 0 unspecified atom stereocenters. The lowest BCUT2D eigenvalue weighted by atomic mass is 9.63. The standard InChI is InChI=1S/C29H35FN8O/c1-21-16-36(26-5-3-22(13-31)38-28(26)25(30)15-33-38)18-24(39-21)17-34-9-11-35(12-10-34)23-4-6-27(32-14-23)37-19-29(20-37)7-2-8-29/h3-6,14-15,21,24H,2,7-12,16-20H2,1H3/t21-,24+/m1/s1. The second kappa shape index (κ2) is 9.65. The zero-order chi connectivity index (χ0) is 26.6. The van der Waals surface area contributed by atoms with Gasteiger partial charge in [0.2, 0.25) is 0 Å². The van der Waals surface area contributed by atoms with Gasteiger partial charge in [-0.25, -0.2) is 13.9 Å². The van der Waals surface area contributed by atoms with Crippen molar-refractivity contribution in [3.8, 4) is 6.07 Å². The molecule has 4 aliphatic rings. The Kier molecular flexibility index (Phi) is 6.09. The third kappa shape index (κ3) is 4.47. The van der Waals surface area contributed by atoms with Gasteiger partial charge in [-0.15, -0.1) is 0 Å². The molecule has 10 heteroatoms. The minimum atomic E-state index is -0.413. The van der Waals surface area contributed by atoms with Gasteiger partial charge in [0.25, 0.3) is 0 Å². The van der Waals surface area contributed by atoms with E-state index < -0.39 is 5.82 Å². The number of aromatic nitrogens is 3. The topological polar surface area (TPSA) is 76.2 Å². The number of piperazine rings is 1. The number of nitrogens with zero attached hydrogens (tertiary/aromatic N) is 8. The highest BCUT2D eigenvalue weighted by Crippen LogP contribution is 2.49. The van der Waals surface area contributed by atoms with Gasteiger partial charge in [-0.2, -0.15) is 10.4 Å². The number of ether oxygens (including phenoxy) is 1. The van der Waals surface area contributed by atoms with Crippen molar-refractivity contribution in [1.29, 1.82) is 5.26 Å². The predicted molar refractivity (Wildman–Crippen MR) is 148 cm³/mol. The summed E-state index contributed by atoms with van der Waals surface area (Å²) >= 11 is 0. The Hall–Kier alpha value is -3.42. The van der Waals surface area contributed by atoms with Gasteiger partial charge >= 0.3 is 0 Å². The Morgan fingerprint density at radius 2 is 1.85 bits per heavy atom. The molecule has 7 rings (SSSR count). The minimum absolute atomic E-state index is 0.0124. The van der Waals surface area contributed by atoms with Crippen molar-refractivity contribution in [2.24, 2.45) is 5.41 Å². The molecule has 6 heterocycles. The fraction of sp³-hybridized carbons (Fsp3) is 0.552. The van der Waals surface area contributed by atoms with Gasteiger partial charge in [-0.1, -0.05) is 6.42 Å². The van der Waals surface area contributed by atoms with Crippen molar-refractivity contribution in [2.75, 3.05) is 73.6 Å². The Balaban J connectivity index is 0.957. The lowest BCUT2D eigenvalue weighted by Gasteiger charge is -2.56. The number of nitriles is 1. The van der Waals surface area contributed by atoms with Crippen molar-refractivity contribution in [3.05, 3.63) is 48.2 Å². The van der Waals surface area contributed by atoms with Gasteiger partial charge in [0, 0.05) is 64.3 Å². The summed E-state index contributed by atoms with van der Waals surface area (Å²) in [6.45, 7) is 10.4. The van der Waals surface area contributed by atoms with E-state index in [9.17, 15) is 9.65 Å². The molecule has 3 aromatic heterocycles. The summed E-state index contributed by atoms with van der Waals surface area (Å²) in [7, 11) is 0. The van der Waals surface area contributed by atoms with Crippen LogP contribution in [0.25, 0.3) is 5.52 Å². The lowest BCUT2D eigenvalue weighted by molar-refractivity contribution is -0.0327. The van der Waals surface area contributed by atoms with E-state index in [2.05, 4.69) is 49.8 Å². The summed E-state index contributed by atoms with van der Waals surface area (Å²) in [5, 5.41) is 13.5. The van der Waals surface area contributed by atoms with E-state index in [0.29, 0.717) is 29.7 Å². The Morgan fingerprint density at radius 3 is 2.54 bits per heavy atom. The first kappa shape index (κ1) is 24.6. The molecule has 1 aliphatic carbocycles. The van der Waals surface area contributed by atoms with Crippen molar-refractivity contribution >= 4 is 22.7 Å². The van der Waals surface area contributed by atoms with Gasteiger partial charge in [0.1, 0.15) is 23.1 Å². The van der Waals surface area contributed by atoms with E-state index in [-0.39, 0.29) is 12.2 Å². The maximum absolute atomic E-state index is 14.7. The first-order valence-corrected chi connectivity index (χ1v) is 14.2. The molecule has 0 amide bonds. The van der Waals surface area contributed by atoms with Crippen LogP contribution < -0.4 is 14.7 Å². The summed E-state index contributed by atoms with van der Waals surface area (Å²) < 4.78 is 22.4. The Labute approximate surface area is 228 Å². The molecule has 0 bridgehead atoms. The first-order valence-electron chi connectivity index (χ1n) is 14.2. The van der Waals surface area contributed by atoms with Crippen LogP contribution in [0.3, 0.4) is 0 Å². The molecule has 4 fully saturated rings. The zero-order valence-electron chi connectivity index (χ0n) is 22.5.